The molecule has 1 amide bonds. The molecule has 2 aromatic heterocycles. The molecule has 3 heterocycles. The average molecular weight is 348 g/mol. The molecule has 8 nitrogen and oxygen atoms in total. The third-order valence-electron chi connectivity index (χ3n) is 3.80. The van der Waals surface area contributed by atoms with Gasteiger partial charge < -0.3 is 15.4 Å². The highest BCUT2D eigenvalue weighted by Gasteiger charge is 2.30. The van der Waals surface area contributed by atoms with Crippen molar-refractivity contribution in [2.75, 3.05) is 18.0 Å². The fourth-order valence-electron chi connectivity index (χ4n) is 2.75. The SMILES string of the molecule is CC1CN(c2ncc([N+](=O)[O-])cc2C(N)=O)CC(c2ccsc2)O1. The summed E-state index contributed by atoms with van der Waals surface area (Å²) >= 11 is 1.58. The maximum Gasteiger partial charge on any atom is 0.288 e. The maximum atomic E-state index is 11.7. The summed E-state index contributed by atoms with van der Waals surface area (Å²) in [6.45, 7) is 2.94. The van der Waals surface area contributed by atoms with Crippen molar-refractivity contribution in [3.05, 3.63) is 50.3 Å². The Morgan fingerprint density at radius 2 is 2.33 bits per heavy atom. The minimum atomic E-state index is -0.743. The molecule has 2 aromatic rings. The first-order valence-electron chi connectivity index (χ1n) is 7.32. The highest BCUT2D eigenvalue weighted by atomic mass is 32.1. The second-order valence-corrected chi connectivity index (χ2v) is 6.36. The van der Waals surface area contributed by atoms with Crippen molar-refractivity contribution in [3.63, 3.8) is 0 Å². The zero-order valence-electron chi connectivity index (χ0n) is 12.9. The molecule has 0 aromatic carbocycles. The first kappa shape index (κ1) is 16.3. The second kappa shape index (κ2) is 6.54. The number of nitro groups is 1. The molecule has 2 unspecified atom stereocenters. The van der Waals surface area contributed by atoms with Gasteiger partial charge in [-0.25, -0.2) is 4.98 Å². The summed E-state index contributed by atoms with van der Waals surface area (Å²) in [5.74, 6) is -0.393. The molecule has 24 heavy (non-hydrogen) atoms. The van der Waals surface area contributed by atoms with E-state index < -0.39 is 10.8 Å². The number of primary amides is 1. The van der Waals surface area contributed by atoms with Crippen molar-refractivity contribution in [3.8, 4) is 0 Å². The Morgan fingerprint density at radius 3 is 2.96 bits per heavy atom. The fourth-order valence-corrected chi connectivity index (χ4v) is 3.45. The standard InChI is InChI=1S/C15H16N4O4S/c1-9-6-18(7-13(23-9)10-2-3-24-8-10)15-12(14(16)20)4-11(5-17-15)19(21)22/h2-5,8-9,13H,6-7H2,1H3,(H2,16,20). The third kappa shape index (κ3) is 3.22. The molecule has 1 aliphatic rings. The molecule has 0 radical (unpaired) electrons. The number of rotatable bonds is 4. The predicted octanol–water partition coefficient (Wildman–Crippen LogP) is 2.12. The maximum absolute atomic E-state index is 11.7. The van der Waals surface area contributed by atoms with Crippen molar-refractivity contribution < 1.29 is 14.5 Å². The largest absolute Gasteiger partial charge is 0.367 e. The van der Waals surface area contributed by atoms with Crippen LogP contribution < -0.4 is 10.6 Å². The number of nitrogens with two attached hydrogens (primary N) is 1. The van der Waals surface area contributed by atoms with Gasteiger partial charge in [-0.05, 0) is 29.3 Å². The molecule has 126 valence electrons. The van der Waals surface area contributed by atoms with Crippen LogP contribution in [0.25, 0.3) is 0 Å². The van der Waals surface area contributed by atoms with Gasteiger partial charge in [0.25, 0.3) is 11.6 Å². The Kier molecular flexibility index (Phi) is 4.45. The smallest absolute Gasteiger partial charge is 0.288 e. The highest BCUT2D eigenvalue weighted by molar-refractivity contribution is 7.07. The van der Waals surface area contributed by atoms with Crippen LogP contribution in [0.15, 0.2) is 29.1 Å². The van der Waals surface area contributed by atoms with E-state index in [1.807, 2.05) is 28.7 Å². The van der Waals surface area contributed by atoms with Crippen LogP contribution in [0.2, 0.25) is 0 Å². The minimum absolute atomic E-state index is 0.0439. The van der Waals surface area contributed by atoms with E-state index in [1.165, 1.54) is 6.07 Å². The van der Waals surface area contributed by atoms with Gasteiger partial charge in [0.2, 0.25) is 0 Å². The van der Waals surface area contributed by atoms with Crippen molar-refractivity contribution in [1.29, 1.82) is 0 Å². The van der Waals surface area contributed by atoms with Crippen LogP contribution in [-0.4, -0.2) is 35.0 Å². The van der Waals surface area contributed by atoms with E-state index in [9.17, 15) is 14.9 Å². The molecule has 0 aliphatic carbocycles. The molecule has 3 rings (SSSR count). The van der Waals surface area contributed by atoms with Crippen LogP contribution in [0.3, 0.4) is 0 Å². The van der Waals surface area contributed by atoms with Crippen LogP contribution in [0.5, 0.6) is 0 Å². The van der Waals surface area contributed by atoms with E-state index in [1.54, 1.807) is 11.3 Å². The van der Waals surface area contributed by atoms with Crippen LogP contribution in [-0.2, 0) is 4.74 Å². The third-order valence-corrected chi connectivity index (χ3v) is 4.50. The van der Waals surface area contributed by atoms with Gasteiger partial charge in [-0.3, -0.25) is 14.9 Å². The summed E-state index contributed by atoms with van der Waals surface area (Å²) in [5.41, 5.74) is 6.23. The summed E-state index contributed by atoms with van der Waals surface area (Å²) in [6, 6.07) is 3.16. The van der Waals surface area contributed by atoms with E-state index in [2.05, 4.69) is 4.98 Å². The normalized spacial score (nSPS) is 20.8. The second-order valence-electron chi connectivity index (χ2n) is 5.58. The number of carbonyl (C=O) groups is 1. The molecule has 2 N–H and O–H groups in total. The van der Waals surface area contributed by atoms with E-state index in [-0.39, 0.29) is 23.5 Å². The van der Waals surface area contributed by atoms with Gasteiger partial charge in [0.05, 0.1) is 16.6 Å². The number of pyridine rings is 1. The first-order valence-corrected chi connectivity index (χ1v) is 8.26. The van der Waals surface area contributed by atoms with Crippen LogP contribution in [0, 0.1) is 10.1 Å². The number of ether oxygens (including phenoxy) is 1. The summed E-state index contributed by atoms with van der Waals surface area (Å²) in [4.78, 5) is 28.1. The number of carbonyl (C=O) groups excluding carboxylic acids is 1. The molecular formula is C15H16N4O4S. The number of anilines is 1. The van der Waals surface area contributed by atoms with Crippen molar-refractivity contribution in [2.24, 2.45) is 5.73 Å². The lowest BCUT2D eigenvalue weighted by Gasteiger charge is -2.37. The van der Waals surface area contributed by atoms with Crippen molar-refractivity contribution in [2.45, 2.75) is 19.1 Å². The number of nitrogens with zero attached hydrogens (tertiary/aromatic N) is 3. The Hall–Kier alpha value is -2.52. The van der Waals surface area contributed by atoms with E-state index >= 15 is 0 Å². The number of amides is 1. The predicted molar refractivity (Wildman–Crippen MR) is 89.2 cm³/mol. The van der Waals surface area contributed by atoms with E-state index in [0.29, 0.717) is 18.9 Å². The number of hydrogen-bond acceptors (Lipinski definition) is 7. The highest BCUT2D eigenvalue weighted by Crippen LogP contribution is 2.31. The molecule has 1 aliphatic heterocycles. The number of aromatic nitrogens is 1. The summed E-state index contributed by atoms with van der Waals surface area (Å²) in [7, 11) is 0. The zero-order chi connectivity index (χ0) is 17.3. The Labute approximate surface area is 142 Å². The summed E-state index contributed by atoms with van der Waals surface area (Å²) in [6.07, 6.45) is 0.903. The van der Waals surface area contributed by atoms with Crippen LogP contribution in [0.4, 0.5) is 11.5 Å². The van der Waals surface area contributed by atoms with Gasteiger partial charge in [0, 0.05) is 19.2 Å². The van der Waals surface area contributed by atoms with Gasteiger partial charge >= 0.3 is 0 Å². The van der Waals surface area contributed by atoms with Gasteiger partial charge in [-0.1, -0.05) is 0 Å². The molecule has 9 heteroatoms. The fraction of sp³-hybridized carbons (Fsp3) is 0.333. The quantitative estimate of drug-likeness (QED) is 0.669. The molecule has 0 spiro atoms. The van der Waals surface area contributed by atoms with E-state index in [0.717, 1.165) is 11.8 Å². The van der Waals surface area contributed by atoms with Gasteiger partial charge in [0.1, 0.15) is 18.1 Å². The average Bonchev–Trinajstić information content (AvgIpc) is 3.08. The molecule has 0 bridgehead atoms. The van der Waals surface area contributed by atoms with Crippen molar-refractivity contribution in [1.82, 2.24) is 4.98 Å². The molecule has 1 saturated heterocycles. The summed E-state index contributed by atoms with van der Waals surface area (Å²) < 4.78 is 5.96. The molecule has 1 fully saturated rings. The minimum Gasteiger partial charge on any atom is -0.367 e. The number of thiophene rings is 1. The lowest BCUT2D eigenvalue weighted by atomic mass is 10.1. The molecule has 0 saturated carbocycles. The molecule has 2 atom stereocenters. The Morgan fingerprint density at radius 1 is 1.54 bits per heavy atom. The Balaban J connectivity index is 1.95. The van der Waals surface area contributed by atoms with Crippen molar-refractivity contribution >= 4 is 28.7 Å². The first-order chi connectivity index (χ1) is 11.5. The van der Waals surface area contributed by atoms with Gasteiger partial charge in [-0.15, -0.1) is 0 Å². The van der Waals surface area contributed by atoms with Crippen LogP contribution >= 0.6 is 11.3 Å². The Bertz CT molecular complexity index is 765. The summed E-state index contributed by atoms with van der Waals surface area (Å²) in [5, 5.41) is 14.9. The number of hydrogen-bond donors (Lipinski definition) is 1. The molecular weight excluding hydrogens is 332 g/mol. The number of morpholine rings is 1. The van der Waals surface area contributed by atoms with E-state index in [4.69, 9.17) is 10.5 Å². The zero-order valence-corrected chi connectivity index (χ0v) is 13.7. The lowest BCUT2D eigenvalue weighted by molar-refractivity contribution is -0.385. The monoisotopic (exact) mass is 348 g/mol. The van der Waals surface area contributed by atoms with Crippen LogP contribution in [0.1, 0.15) is 28.9 Å². The topological polar surface area (TPSA) is 112 Å². The lowest BCUT2D eigenvalue weighted by Crippen LogP contribution is -2.44. The van der Waals surface area contributed by atoms with Gasteiger partial charge in [-0.2, -0.15) is 11.3 Å². The van der Waals surface area contributed by atoms with Gasteiger partial charge in [0.15, 0.2) is 0 Å².